The summed E-state index contributed by atoms with van der Waals surface area (Å²) >= 11 is 0. The molecule has 7 rings (SSSR count). The molecule has 13 nitrogen and oxygen atoms in total. The van der Waals surface area contributed by atoms with Crippen LogP contribution in [0.1, 0.15) is 32.6 Å². The smallest absolute Gasteiger partial charge is 0.334 e. The first kappa shape index (κ1) is 37.9. The third kappa shape index (κ3) is 7.86. The van der Waals surface area contributed by atoms with Crippen LogP contribution >= 0.6 is 0 Å². The van der Waals surface area contributed by atoms with Crippen LogP contribution < -0.4 is 10.6 Å². The Morgan fingerprint density at radius 3 is 2.36 bits per heavy atom. The molecule has 5 aromatic rings. The van der Waals surface area contributed by atoms with Crippen molar-refractivity contribution < 1.29 is 29.4 Å². The number of para-hydroxylation sites is 1. The molecule has 4 N–H and O–H groups in total. The van der Waals surface area contributed by atoms with Gasteiger partial charge >= 0.3 is 6.03 Å². The van der Waals surface area contributed by atoms with E-state index in [0.717, 1.165) is 27.8 Å². The van der Waals surface area contributed by atoms with Gasteiger partial charge in [0, 0.05) is 57.0 Å². The molecule has 2 fully saturated rings. The minimum absolute atomic E-state index is 0.0312. The summed E-state index contributed by atoms with van der Waals surface area (Å²) in [5.74, 6) is -0.776. The molecule has 1 aromatic heterocycles. The summed E-state index contributed by atoms with van der Waals surface area (Å²) in [6, 6.07) is 27.7. The van der Waals surface area contributed by atoms with E-state index >= 15 is 0 Å². The maximum atomic E-state index is 14.6. The Morgan fingerprint density at radius 2 is 1.64 bits per heavy atom. The number of anilines is 1. The van der Waals surface area contributed by atoms with Gasteiger partial charge in [-0.2, -0.15) is 0 Å². The van der Waals surface area contributed by atoms with Crippen molar-refractivity contribution in [1.82, 2.24) is 29.7 Å². The standard InChI is InChI=1S/C43H45N7O6/c1-3-21-48-28-39(53)49-37(23-30-14-18-34(52)19-15-30)42(55)47(27-38(49)50(48)43(56)44-24-31-8-5-4-6-9-31)25-32-10-7-11-35-36(26-46(2)40(32)35)41(54)45-33-16-12-29(13-17-33)20-22-51/h3-19,26,37-38,51-52H,1,20-25,27-28H2,2H3,(H,44,56)(H,45,54)/t37-,38?/m0/s1. The van der Waals surface area contributed by atoms with Crippen molar-refractivity contribution in [3.8, 4) is 5.75 Å². The van der Waals surface area contributed by atoms with Gasteiger partial charge in [0.05, 0.1) is 24.2 Å². The number of amides is 5. The van der Waals surface area contributed by atoms with Gasteiger partial charge in [-0.25, -0.2) is 14.8 Å². The zero-order valence-corrected chi connectivity index (χ0v) is 31.2. The van der Waals surface area contributed by atoms with Gasteiger partial charge in [-0.05, 0) is 52.9 Å². The number of hydrazine groups is 1. The van der Waals surface area contributed by atoms with E-state index in [2.05, 4.69) is 17.2 Å². The van der Waals surface area contributed by atoms with Gasteiger partial charge in [-0.15, -0.1) is 6.58 Å². The van der Waals surface area contributed by atoms with Crippen molar-refractivity contribution in [1.29, 1.82) is 0 Å². The summed E-state index contributed by atoms with van der Waals surface area (Å²) in [7, 11) is 1.85. The largest absolute Gasteiger partial charge is 0.508 e. The quantitative estimate of drug-likeness (QED) is 0.138. The number of hydrogen-bond acceptors (Lipinski definition) is 7. The molecular weight excluding hydrogens is 711 g/mol. The summed E-state index contributed by atoms with van der Waals surface area (Å²) in [6.45, 7) is 4.45. The van der Waals surface area contributed by atoms with Crippen molar-refractivity contribution in [3.63, 3.8) is 0 Å². The van der Waals surface area contributed by atoms with E-state index in [0.29, 0.717) is 23.1 Å². The van der Waals surface area contributed by atoms with Crippen molar-refractivity contribution in [2.45, 2.75) is 38.1 Å². The van der Waals surface area contributed by atoms with E-state index in [-0.39, 0.29) is 69.2 Å². The number of aliphatic hydroxyl groups excluding tert-OH is 1. The normalized spacial score (nSPS) is 17.2. The topological polar surface area (TPSA) is 151 Å². The van der Waals surface area contributed by atoms with Crippen LogP contribution in [-0.2, 0) is 42.6 Å². The molecule has 2 aliphatic heterocycles. The Labute approximate surface area is 325 Å². The second-order valence-corrected chi connectivity index (χ2v) is 14.1. The highest BCUT2D eigenvalue weighted by atomic mass is 16.3. The van der Waals surface area contributed by atoms with Crippen LogP contribution in [0.25, 0.3) is 10.9 Å². The Bertz CT molecular complexity index is 2240. The van der Waals surface area contributed by atoms with Crippen LogP contribution in [-0.4, -0.2) is 96.8 Å². The van der Waals surface area contributed by atoms with E-state index in [1.54, 1.807) is 58.6 Å². The molecule has 13 heteroatoms. The molecule has 288 valence electrons. The maximum Gasteiger partial charge on any atom is 0.334 e. The number of piperazine rings is 1. The van der Waals surface area contributed by atoms with Crippen LogP contribution in [0.5, 0.6) is 5.75 Å². The average Bonchev–Trinajstić information content (AvgIpc) is 3.54. The number of nitrogens with zero attached hydrogens (tertiary/aromatic N) is 5. The fourth-order valence-corrected chi connectivity index (χ4v) is 7.70. The van der Waals surface area contributed by atoms with Crippen molar-refractivity contribution >= 4 is 40.3 Å². The van der Waals surface area contributed by atoms with Crippen LogP contribution in [0, 0.1) is 0 Å². The molecular formula is C43H45N7O6. The summed E-state index contributed by atoms with van der Waals surface area (Å²) in [6.07, 6.45) is 3.25. The molecule has 0 bridgehead atoms. The molecule has 0 aliphatic carbocycles. The predicted octanol–water partition coefficient (Wildman–Crippen LogP) is 4.41. The summed E-state index contributed by atoms with van der Waals surface area (Å²) in [5, 5.41) is 29.1. The number of aliphatic hydroxyl groups is 1. The highest BCUT2D eigenvalue weighted by Crippen LogP contribution is 2.32. The first-order valence-electron chi connectivity index (χ1n) is 18.6. The lowest BCUT2D eigenvalue weighted by Crippen LogP contribution is -2.76. The monoisotopic (exact) mass is 755 g/mol. The molecule has 0 saturated carbocycles. The van der Waals surface area contributed by atoms with Gasteiger partial charge in [-0.3, -0.25) is 14.4 Å². The first-order chi connectivity index (χ1) is 27.1. The van der Waals surface area contributed by atoms with Crippen molar-refractivity contribution in [2.24, 2.45) is 7.05 Å². The molecule has 4 aromatic carbocycles. The van der Waals surface area contributed by atoms with Gasteiger partial charge in [0.15, 0.2) is 0 Å². The summed E-state index contributed by atoms with van der Waals surface area (Å²) in [5.41, 5.74) is 5.25. The number of aromatic nitrogens is 1. The highest BCUT2D eigenvalue weighted by molar-refractivity contribution is 6.13. The van der Waals surface area contributed by atoms with E-state index in [1.807, 2.05) is 72.3 Å². The van der Waals surface area contributed by atoms with E-state index in [1.165, 1.54) is 9.91 Å². The average molecular weight is 756 g/mol. The Balaban J connectivity index is 1.22. The first-order valence-corrected chi connectivity index (χ1v) is 18.6. The van der Waals surface area contributed by atoms with Gasteiger partial charge in [0.25, 0.3) is 5.91 Å². The Morgan fingerprint density at radius 1 is 0.911 bits per heavy atom. The number of aromatic hydroxyl groups is 1. The lowest BCUT2D eigenvalue weighted by molar-refractivity contribution is -0.189. The second-order valence-electron chi connectivity index (χ2n) is 14.1. The van der Waals surface area contributed by atoms with E-state index in [9.17, 15) is 29.4 Å². The van der Waals surface area contributed by atoms with Crippen molar-refractivity contribution in [2.75, 3.05) is 31.6 Å². The molecule has 2 aliphatic rings. The SMILES string of the molecule is C=CCN1CC(=O)N2C(CN(Cc3cccc4c(C(=O)Nc5ccc(CCO)cc5)cn(C)c34)C(=O)[C@@H]2Cc2ccc(O)cc2)N1C(=O)NCc1ccccc1. The number of urea groups is 1. The Kier molecular flexibility index (Phi) is 11.2. The number of aryl methyl sites for hydroxylation is 1. The second kappa shape index (κ2) is 16.5. The summed E-state index contributed by atoms with van der Waals surface area (Å²) in [4.78, 5) is 59.7. The summed E-state index contributed by atoms with van der Waals surface area (Å²) < 4.78 is 1.87. The molecule has 56 heavy (non-hydrogen) atoms. The number of carbonyl (C=O) groups is 4. The number of phenols is 1. The molecule has 5 amide bonds. The maximum absolute atomic E-state index is 14.6. The van der Waals surface area contributed by atoms with Gasteiger partial charge in [-0.1, -0.05) is 78.9 Å². The zero-order chi connectivity index (χ0) is 39.3. The fourth-order valence-electron chi connectivity index (χ4n) is 7.70. The van der Waals surface area contributed by atoms with Crippen LogP contribution in [0.3, 0.4) is 0 Å². The minimum Gasteiger partial charge on any atom is -0.508 e. The number of benzene rings is 4. The third-order valence-corrected chi connectivity index (χ3v) is 10.3. The van der Waals surface area contributed by atoms with Crippen LogP contribution in [0.4, 0.5) is 10.5 Å². The number of phenolic OH excluding ortho intramolecular Hbond substituents is 1. The fraction of sp³-hybridized carbons (Fsp3) is 0.256. The van der Waals surface area contributed by atoms with E-state index in [4.69, 9.17) is 0 Å². The number of rotatable bonds is 12. The molecule has 0 radical (unpaired) electrons. The number of carbonyl (C=O) groups excluding carboxylic acids is 4. The predicted molar refractivity (Wildman–Crippen MR) is 212 cm³/mol. The Hall–Kier alpha value is -6.44. The van der Waals surface area contributed by atoms with Gasteiger partial charge in [0.2, 0.25) is 11.8 Å². The third-order valence-electron chi connectivity index (χ3n) is 10.3. The van der Waals surface area contributed by atoms with Gasteiger partial charge < -0.3 is 35.2 Å². The number of hydrogen-bond donors (Lipinski definition) is 4. The molecule has 3 heterocycles. The molecule has 2 atom stereocenters. The lowest BCUT2D eigenvalue weighted by atomic mass is 9.98. The highest BCUT2D eigenvalue weighted by Gasteiger charge is 2.51. The molecule has 2 saturated heterocycles. The van der Waals surface area contributed by atoms with Gasteiger partial charge in [0.1, 0.15) is 18.0 Å². The number of nitrogens with one attached hydrogen (secondary N) is 2. The van der Waals surface area contributed by atoms with Crippen LogP contribution in [0.15, 0.2) is 116 Å². The lowest BCUT2D eigenvalue weighted by Gasteiger charge is -2.55. The van der Waals surface area contributed by atoms with Crippen molar-refractivity contribution in [3.05, 3.63) is 144 Å². The minimum atomic E-state index is -0.946. The number of fused-ring (bicyclic) bond motifs is 2. The van der Waals surface area contributed by atoms with Crippen LogP contribution in [0.2, 0.25) is 0 Å². The van der Waals surface area contributed by atoms with E-state index < -0.39 is 18.2 Å². The zero-order valence-electron chi connectivity index (χ0n) is 31.2. The molecule has 0 spiro atoms. The molecule has 1 unspecified atom stereocenters.